The van der Waals surface area contributed by atoms with Gasteiger partial charge in [-0.1, -0.05) is 80.5 Å². The number of nitrogens with zero attached hydrogens (tertiary/aromatic N) is 3. The van der Waals surface area contributed by atoms with Gasteiger partial charge in [0, 0.05) is 17.1 Å². The lowest BCUT2D eigenvalue weighted by Gasteiger charge is -2.19. The van der Waals surface area contributed by atoms with Crippen LogP contribution in [-0.2, 0) is 16.8 Å². The normalized spacial score (nSPS) is 11.4. The standard InChI is InChI=1S/C21H24ClN5OS/c1-21(2,3)16-9-7-15(8-10-16)19-25-26-20(27(19)23)29-13-18(28)24-12-14-5-4-6-17(22)11-14/h4-11H,12-13,23H2,1-3H3,(H,24,28). The number of amides is 1. The van der Waals surface area contributed by atoms with Crippen molar-refractivity contribution < 1.29 is 4.79 Å². The van der Waals surface area contributed by atoms with Gasteiger partial charge in [-0.15, -0.1) is 10.2 Å². The molecule has 0 bridgehead atoms. The zero-order valence-electron chi connectivity index (χ0n) is 16.6. The van der Waals surface area contributed by atoms with Crippen LogP contribution in [0.4, 0.5) is 0 Å². The van der Waals surface area contributed by atoms with Gasteiger partial charge in [0.2, 0.25) is 11.1 Å². The Morgan fingerprint density at radius 1 is 1.17 bits per heavy atom. The number of aromatic nitrogens is 3. The number of nitrogen functional groups attached to an aromatic ring is 1. The van der Waals surface area contributed by atoms with Gasteiger partial charge in [0.1, 0.15) is 0 Å². The molecule has 0 saturated heterocycles. The summed E-state index contributed by atoms with van der Waals surface area (Å²) in [4.78, 5) is 12.1. The van der Waals surface area contributed by atoms with E-state index < -0.39 is 0 Å². The van der Waals surface area contributed by atoms with Gasteiger partial charge in [-0.2, -0.15) is 0 Å². The molecule has 0 saturated carbocycles. The first-order valence-corrected chi connectivity index (χ1v) is 10.6. The maximum absolute atomic E-state index is 12.1. The van der Waals surface area contributed by atoms with E-state index in [1.165, 1.54) is 22.0 Å². The lowest BCUT2D eigenvalue weighted by Crippen LogP contribution is -2.25. The minimum Gasteiger partial charge on any atom is -0.351 e. The number of rotatable bonds is 6. The van der Waals surface area contributed by atoms with Gasteiger partial charge in [0.15, 0.2) is 5.82 Å². The SMILES string of the molecule is CC(C)(C)c1ccc(-c2nnc(SCC(=O)NCc3cccc(Cl)c3)n2N)cc1. The minimum atomic E-state index is -0.117. The lowest BCUT2D eigenvalue weighted by atomic mass is 9.87. The second-order valence-corrected chi connectivity index (χ2v) is 9.08. The molecule has 1 aromatic heterocycles. The molecule has 0 radical (unpaired) electrons. The largest absolute Gasteiger partial charge is 0.351 e. The van der Waals surface area contributed by atoms with E-state index in [2.05, 4.69) is 48.4 Å². The van der Waals surface area contributed by atoms with Gasteiger partial charge in [-0.05, 0) is 28.7 Å². The van der Waals surface area contributed by atoms with E-state index in [1.54, 1.807) is 6.07 Å². The van der Waals surface area contributed by atoms with Crippen molar-refractivity contribution in [2.24, 2.45) is 0 Å². The summed E-state index contributed by atoms with van der Waals surface area (Å²) in [7, 11) is 0. The van der Waals surface area contributed by atoms with E-state index >= 15 is 0 Å². The Hall–Kier alpha value is -2.51. The van der Waals surface area contributed by atoms with Gasteiger partial charge in [0.25, 0.3) is 0 Å². The van der Waals surface area contributed by atoms with Crippen LogP contribution in [0.15, 0.2) is 53.7 Å². The summed E-state index contributed by atoms with van der Waals surface area (Å²) in [6.45, 7) is 6.92. The molecule has 0 aliphatic carbocycles. The first-order valence-electron chi connectivity index (χ1n) is 9.19. The molecule has 3 N–H and O–H groups in total. The van der Waals surface area contributed by atoms with E-state index in [9.17, 15) is 4.79 Å². The van der Waals surface area contributed by atoms with Gasteiger partial charge < -0.3 is 11.2 Å². The van der Waals surface area contributed by atoms with Crippen molar-refractivity contribution in [3.8, 4) is 11.4 Å². The molecule has 3 rings (SSSR count). The Morgan fingerprint density at radius 3 is 2.55 bits per heavy atom. The first-order chi connectivity index (χ1) is 13.7. The summed E-state index contributed by atoms with van der Waals surface area (Å²) in [5.74, 6) is 6.79. The predicted molar refractivity (Wildman–Crippen MR) is 118 cm³/mol. The number of carbonyl (C=O) groups is 1. The average Bonchev–Trinajstić information content (AvgIpc) is 3.04. The second kappa shape index (κ2) is 8.88. The third-order valence-corrected chi connectivity index (χ3v) is 5.56. The predicted octanol–water partition coefficient (Wildman–Crippen LogP) is 4.02. The molecule has 3 aromatic rings. The molecule has 0 aliphatic rings. The lowest BCUT2D eigenvalue weighted by molar-refractivity contribution is -0.118. The van der Waals surface area contributed by atoms with E-state index in [-0.39, 0.29) is 17.1 Å². The van der Waals surface area contributed by atoms with Gasteiger partial charge in [-0.25, -0.2) is 4.68 Å². The summed E-state index contributed by atoms with van der Waals surface area (Å²) in [5.41, 5.74) is 3.13. The van der Waals surface area contributed by atoms with Crippen LogP contribution in [0.5, 0.6) is 0 Å². The highest BCUT2D eigenvalue weighted by Crippen LogP contribution is 2.26. The number of nitrogens with two attached hydrogens (primary N) is 1. The van der Waals surface area contributed by atoms with Crippen molar-refractivity contribution in [1.29, 1.82) is 0 Å². The summed E-state index contributed by atoms with van der Waals surface area (Å²) in [6, 6.07) is 15.5. The van der Waals surface area contributed by atoms with Crippen LogP contribution < -0.4 is 11.2 Å². The van der Waals surface area contributed by atoms with Crippen molar-refractivity contribution in [3.05, 3.63) is 64.7 Å². The van der Waals surface area contributed by atoms with E-state index in [0.29, 0.717) is 22.5 Å². The average molecular weight is 430 g/mol. The molecule has 1 amide bonds. The molecule has 152 valence electrons. The summed E-state index contributed by atoms with van der Waals surface area (Å²) < 4.78 is 1.42. The van der Waals surface area contributed by atoms with Crippen molar-refractivity contribution in [1.82, 2.24) is 20.2 Å². The number of thioether (sulfide) groups is 1. The van der Waals surface area contributed by atoms with Crippen molar-refractivity contribution in [2.75, 3.05) is 11.6 Å². The minimum absolute atomic E-state index is 0.0778. The Morgan fingerprint density at radius 2 is 1.90 bits per heavy atom. The molecule has 0 aliphatic heterocycles. The van der Waals surface area contributed by atoms with Crippen LogP contribution in [0.2, 0.25) is 5.02 Å². The van der Waals surface area contributed by atoms with E-state index in [1.807, 2.05) is 30.3 Å². The zero-order valence-corrected chi connectivity index (χ0v) is 18.2. The molecule has 6 nitrogen and oxygen atoms in total. The van der Waals surface area contributed by atoms with Crippen LogP contribution in [0, 0.1) is 0 Å². The topological polar surface area (TPSA) is 85.8 Å². The number of benzene rings is 2. The summed E-state index contributed by atoms with van der Waals surface area (Å²) in [5, 5.41) is 12.3. The highest BCUT2D eigenvalue weighted by atomic mass is 35.5. The van der Waals surface area contributed by atoms with Gasteiger partial charge in [-0.3, -0.25) is 4.79 Å². The molecule has 0 atom stereocenters. The molecule has 0 fully saturated rings. The van der Waals surface area contributed by atoms with Crippen molar-refractivity contribution in [2.45, 2.75) is 37.9 Å². The van der Waals surface area contributed by atoms with E-state index in [4.69, 9.17) is 17.4 Å². The smallest absolute Gasteiger partial charge is 0.230 e. The number of hydrogen-bond donors (Lipinski definition) is 2. The number of hydrogen-bond acceptors (Lipinski definition) is 5. The van der Waals surface area contributed by atoms with Crippen LogP contribution in [-0.4, -0.2) is 26.5 Å². The number of nitrogens with one attached hydrogen (secondary N) is 1. The third-order valence-electron chi connectivity index (χ3n) is 4.38. The van der Waals surface area contributed by atoms with E-state index in [0.717, 1.165) is 11.1 Å². The molecular formula is C21H24ClN5OS. The Kier molecular flexibility index (Phi) is 6.49. The van der Waals surface area contributed by atoms with Crippen molar-refractivity contribution >= 4 is 29.3 Å². The quantitative estimate of drug-likeness (QED) is 0.456. The van der Waals surface area contributed by atoms with Crippen LogP contribution >= 0.6 is 23.4 Å². The zero-order chi connectivity index (χ0) is 21.0. The Balaban J connectivity index is 1.59. The highest BCUT2D eigenvalue weighted by Gasteiger charge is 2.16. The van der Waals surface area contributed by atoms with Crippen molar-refractivity contribution in [3.63, 3.8) is 0 Å². The second-order valence-electron chi connectivity index (χ2n) is 7.70. The fourth-order valence-corrected chi connectivity index (χ4v) is 3.62. The Labute approximate surface area is 179 Å². The molecule has 1 heterocycles. The number of carbonyl (C=O) groups excluding carboxylic acids is 1. The molecule has 8 heteroatoms. The molecule has 0 unspecified atom stereocenters. The molecular weight excluding hydrogens is 406 g/mol. The van der Waals surface area contributed by atoms with Crippen LogP contribution in [0.25, 0.3) is 11.4 Å². The van der Waals surface area contributed by atoms with Crippen LogP contribution in [0.1, 0.15) is 31.9 Å². The fraction of sp³-hybridized carbons (Fsp3) is 0.286. The van der Waals surface area contributed by atoms with Gasteiger partial charge >= 0.3 is 0 Å². The highest BCUT2D eigenvalue weighted by molar-refractivity contribution is 7.99. The molecule has 2 aromatic carbocycles. The monoisotopic (exact) mass is 429 g/mol. The summed E-state index contributed by atoms with van der Waals surface area (Å²) >= 11 is 7.20. The van der Waals surface area contributed by atoms with Crippen LogP contribution in [0.3, 0.4) is 0 Å². The number of halogens is 1. The molecule has 0 spiro atoms. The molecule has 29 heavy (non-hydrogen) atoms. The van der Waals surface area contributed by atoms with Gasteiger partial charge in [0.05, 0.1) is 5.75 Å². The first kappa shape index (κ1) is 21.2. The summed E-state index contributed by atoms with van der Waals surface area (Å²) in [6.07, 6.45) is 0. The third kappa shape index (κ3) is 5.52. The maximum atomic E-state index is 12.1. The Bertz CT molecular complexity index is 995. The fourth-order valence-electron chi connectivity index (χ4n) is 2.72. The maximum Gasteiger partial charge on any atom is 0.230 e.